The molecule has 1 N–H and O–H groups in total. The van der Waals surface area contributed by atoms with Gasteiger partial charge < -0.3 is 10.1 Å². The van der Waals surface area contributed by atoms with Crippen molar-refractivity contribution >= 4 is 17.8 Å². The third kappa shape index (κ3) is 5.34. The van der Waals surface area contributed by atoms with E-state index >= 15 is 0 Å². The lowest BCUT2D eigenvalue weighted by Gasteiger charge is -2.32. The fraction of sp³-hybridized carbons (Fsp3) is 0.409. The van der Waals surface area contributed by atoms with E-state index in [1.165, 1.54) is 18.3 Å². The van der Waals surface area contributed by atoms with Crippen LogP contribution in [0.2, 0.25) is 0 Å². The summed E-state index contributed by atoms with van der Waals surface area (Å²) in [5.74, 6) is -3.48. The molecule has 0 fully saturated rings. The van der Waals surface area contributed by atoms with E-state index in [0.717, 1.165) is 4.90 Å². The van der Waals surface area contributed by atoms with Crippen molar-refractivity contribution in [1.82, 2.24) is 10.3 Å². The number of hydrogen-bond acceptors (Lipinski definition) is 4. The van der Waals surface area contributed by atoms with Crippen LogP contribution in [0.15, 0.2) is 48.7 Å². The van der Waals surface area contributed by atoms with Gasteiger partial charge in [-0.2, -0.15) is 13.2 Å². The number of hydrogen-bond donors (Lipinski definition) is 1. The Morgan fingerprint density at radius 3 is 2.39 bits per heavy atom. The summed E-state index contributed by atoms with van der Waals surface area (Å²) in [4.78, 5) is 30.7. The van der Waals surface area contributed by atoms with Gasteiger partial charge in [0.2, 0.25) is 5.91 Å². The number of nitrogens with zero attached hydrogens (tertiary/aromatic N) is 2. The van der Waals surface area contributed by atoms with Gasteiger partial charge in [-0.05, 0) is 44.4 Å². The molecule has 1 aliphatic rings. The van der Waals surface area contributed by atoms with Crippen LogP contribution >= 0.6 is 0 Å². The standard InChI is InChI=1S/C22H24F3N3O3/c1-21(2,3)31-20(30)27-17(14-8-5-4-6-9-14)16(22(23,24)25)19(29)28-13-11-15-10-7-12-26-18(15)28/h4-10,12,16-17H,11,13H2,1-3H3,(H,27,30)/t16-,17+/m0/s1. The summed E-state index contributed by atoms with van der Waals surface area (Å²) in [5, 5.41) is 2.28. The first-order chi connectivity index (χ1) is 14.5. The van der Waals surface area contributed by atoms with Crippen LogP contribution < -0.4 is 10.2 Å². The molecule has 1 aromatic carbocycles. The maximum Gasteiger partial charge on any atom is 0.408 e. The number of alkyl carbamates (subject to hydrolysis) is 1. The van der Waals surface area contributed by atoms with Crippen molar-refractivity contribution < 1.29 is 27.5 Å². The quantitative estimate of drug-likeness (QED) is 0.772. The average molecular weight is 435 g/mol. The molecule has 0 bridgehead atoms. The second-order valence-corrected chi connectivity index (χ2v) is 8.28. The van der Waals surface area contributed by atoms with E-state index in [4.69, 9.17) is 4.74 Å². The number of nitrogens with one attached hydrogen (secondary N) is 1. The summed E-state index contributed by atoms with van der Waals surface area (Å²) in [6.45, 7) is 4.89. The van der Waals surface area contributed by atoms with Crippen LogP contribution in [0.25, 0.3) is 0 Å². The lowest BCUT2D eigenvalue weighted by Crippen LogP contribution is -2.50. The summed E-state index contributed by atoms with van der Waals surface area (Å²) in [5.41, 5.74) is -0.0708. The number of halogens is 3. The van der Waals surface area contributed by atoms with Gasteiger partial charge in [-0.15, -0.1) is 0 Å². The van der Waals surface area contributed by atoms with Crippen LogP contribution in [0.1, 0.15) is 37.9 Å². The molecule has 1 aromatic heterocycles. The van der Waals surface area contributed by atoms with Gasteiger partial charge in [-0.25, -0.2) is 9.78 Å². The van der Waals surface area contributed by atoms with Gasteiger partial charge in [-0.3, -0.25) is 9.69 Å². The zero-order valence-corrected chi connectivity index (χ0v) is 17.4. The molecule has 6 nitrogen and oxygen atoms in total. The number of carbonyl (C=O) groups is 2. The molecule has 0 saturated heterocycles. The Morgan fingerprint density at radius 1 is 1.10 bits per heavy atom. The Morgan fingerprint density at radius 2 is 1.77 bits per heavy atom. The van der Waals surface area contributed by atoms with Crippen molar-refractivity contribution in [2.75, 3.05) is 11.4 Å². The molecule has 9 heteroatoms. The van der Waals surface area contributed by atoms with E-state index in [1.54, 1.807) is 51.1 Å². The Kier molecular flexibility index (Phi) is 6.24. The van der Waals surface area contributed by atoms with E-state index in [2.05, 4.69) is 10.3 Å². The maximum absolute atomic E-state index is 14.3. The topological polar surface area (TPSA) is 71.5 Å². The highest BCUT2D eigenvalue weighted by atomic mass is 19.4. The van der Waals surface area contributed by atoms with E-state index in [9.17, 15) is 22.8 Å². The van der Waals surface area contributed by atoms with Crippen LogP contribution in [0.5, 0.6) is 0 Å². The fourth-order valence-corrected chi connectivity index (χ4v) is 3.51. The van der Waals surface area contributed by atoms with E-state index in [1.807, 2.05) is 0 Å². The molecule has 0 unspecified atom stereocenters. The lowest BCUT2D eigenvalue weighted by atomic mass is 9.91. The van der Waals surface area contributed by atoms with Crippen molar-refractivity contribution in [3.63, 3.8) is 0 Å². The fourth-order valence-electron chi connectivity index (χ4n) is 3.51. The Hall–Kier alpha value is -3.10. The number of carbonyl (C=O) groups excluding carboxylic acids is 2. The normalized spacial score (nSPS) is 15.7. The molecule has 0 spiro atoms. The van der Waals surface area contributed by atoms with Crippen molar-refractivity contribution in [2.24, 2.45) is 5.92 Å². The third-order valence-corrected chi connectivity index (χ3v) is 4.78. The molecule has 2 atom stereocenters. The minimum absolute atomic E-state index is 0.0890. The zero-order valence-electron chi connectivity index (χ0n) is 17.4. The van der Waals surface area contributed by atoms with Crippen LogP contribution in [0, 0.1) is 5.92 Å². The second kappa shape index (κ2) is 8.56. The Balaban J connectivity index is 2.00. The highest BCUT2D eigenvalue weighted by Gasteiger charge is 2.53. The van der Waals surface area contributed by atoms with Crippen LogP contribution in [-0.2, 0) is 16.0 Å². The van der Waals surface area contributed by atoms with Gasteiger partial charge in [0.1, 0.15) is 11.4 Å². The first kappa shape index (κ1) is 22.6. The SMILES string of the molecule is CC(C)(C)OC(=O)N[C@H](c1ccccc1)[C@@H](C(=O)N1CCc2cccnc21)C(F)(F)F. The van der Waals surface area contributed by atoms with Crippen LogP contribution in [0.4, 0.5) is 23.8 Å². The summed E-state index contributed by atoms with van der Waals surface area (Å²) in [6.07, 6.45) is -4.12. The van der Waals surface area contributed by atoms with Gasteiger partial charge >= 0.3 is 12.3 Å². The molecule has 0 saturated carbocycles. The number of anilines is 1. The first-order valence-corrected chi connectivity index (χ1v) is 9.84. The van der Waals surface area contributed by atoms with E-state index in [-0.39, 0.29) is 17.9 Å². The van der Waals surface area contributed by atoms with Crippen molar-refractivity contribution in [3.05, 3.63) is 59.8 Å². The van der Waals surface area contributed by atoms with E-state index in [0.29, 0.717) is 12.0 Å². The van der Waals surface area contributed by atoms with Gasteiger partial charge in [0, 0.05) is 12.7 Å². The number of ether oxygens (including phenoxy) is 1. The van der Waals surface area contributed by atoms with Gasteiger partial charge in [0.25, 0.3) is 0 Å². The third-order valence-electron chi connectivity index (χ3n) is 4.78. The number of fused-ring (bicyclic) bond motifs is 1. The number of pyridine rings is 1. The van der Waals surface area contributed by atoms with Crippen LogP contribution in [0.3, 0.4) is 0 Å². The first-order valence-electron chi connectivity index (χ1n) is 9.84. The summed E-state index contributed by atoms with van der Waals surface area (Å²) in [7, 11) is 0. The Labute approximate surface area is 178 Å². The van der Waals surface area contributed by atoms with Crippen molar-refractivity contribution in [2.45, 2.75) is 45.0 Å². The van der Waals surface area contributed by atoms with E-state index < -0.39 is 35.7 Å². The second-order valence-electron chi connectivity index (χ2n) is 8.28. The van der Waals surface area contributed by atoms with Crippen molar-refractivity contribution in [1.29, 1.82) is 0 Å². The number of rotatable bonds is 4. The molecule has 3 rings (SSSR count). The smallest absolute Gasteiger partial charge is 0.408 e. The molecular weight excluding hydrogens is 411 g/mol. The number of aromatic nitrogens is 1. The summed E-state index contributed by atoms with van der Waals surface area (Å²) >= 11 is 0. The molecule has 2 amide bonds. The highest BCUT2D eigenvalue weighted by Crippen LogP contribution is 2.40. The molecular formula is C22H24F3N3O3. The van der Waals surface area contributed by atoms with Gasteiger partial charge in [0.05, 0.1) is 6.04 Å². The molecule has 2 heterocycles. The zero-order chi connectivity index (χ0) is 22.8. The predicted octanol–water partition coefficient (Wildman–Crippen LogP) is 4.42. The number of alkyl halides is 3. The Bertz CT molecular complexity index is 942. The summed E-state index contributed by atoms with van der Waals surface area (Å²) in [6, 6.07) is 9.33. The molecule has 0 aliphatic carbocycles. The van der Waals surface area contributed by atoms with Gasteiger partial charge in [0.15, 0.2) is 5.92 Å². The molecule has 0 radical (unpaired) electrons. The molecule has 2 aromatic rings. The highest BCUT2D eigenvalue weighted by molar-refractivity contribution is 5.97. The largest absolute Gasteiger partial charge is 0.444 e. The molecule has 1 aliphatic heterocycles. The van der Waals surface area contributed by atoms with Crippen molar-refractivity contribution in [3.8, 4) is 0 Å². The predicted molar refractivity (Wildman–Crippen MR) is 108 cm³/mol. The average Bonchev–Trinajstić information content (AvgIpc) is 3.10. The molecule has 31 heavy (non-hydrogen) atoms. The maximum atomic E-state index is 14.3. The molecule has 166 valence electrons. The van der Waals surface area contributed by atoms with Gasteiger partial charge in [-0.1, -0.05) is 36.4 Å². The van der Waals surface area contributed by atoms with Crippen LogP contribution in [-0.4, -0.2) is 35.3 Å². The minimum Gasteiger partial charge on any atom is -0.444 e. The number of benzene rings is 1. The monoisotopic (exact) mass is 435 g/mol. The number of amides is 2. The lowest BCUT2D eigenvalue weighted by molar-refractivity contribution is -0.187. The minimum atomic E-state index is -4.93. The summed E-state index contributed by atoms with van der Waals surface area (Å²) < 4.78 is 48.0.